The molecule has 0 bridgehead atoms. The fourth-order valence-electron chi connectivity index (χ4n) is 7.82. The Morgan fingerprint density at radius 3 is 2.24 bits per heavy atom. The maximum absolute atomic E-state index is 14.4. The minimum atomic E-state index is -0.904. The quantitative estimate of drug-likeness (QED) is 0.153. The summed E-state index contributed by atoms with van der Waals surface area (Å²) in [5, 5.41) is 2.95. The number of nitrogens with zero attached hydrogens (tertiary/aromatic N) is 3. The van der Waals surface area contributed by atoms with Gasteiger partial charge in [0, 0.05) is 50.0 Å². The number of amides is 2. The third kappa shape index (κ3) is 9.37. The van der Waals surface area contributed by atoms with E-state index in [0.29, 0.717) is 19.4 Å². The van der Waals surface area contributed by atoms with E-state index in [0.717, 1.165) is 24.8 Å². The molecule has 1 N–H and O–H groups in total. The van der Waals surface area contributed by atoms with Crippen LogP contribution < -0.4 is 5.32 Å². The number of carbonyl (C=O) groups is 6. The highest BCUT2D eigenvalue weighted by molar-refractivity contribution is 6.38. The van der Waals surface area contributed by atoms with Crippen LogP contribution in [0.1, 0.15) is 115 Å². The number of nitrogens with one attached hydrogen (secondary N) is 1. The molecule has 1 aliphatic heterocycles. The lowest BCUT2D eigenvalue weighted by molar-refractivity contribution is -0.144. The normalized spacial score (nSPS) is 21.0. The van der Waals surface area contributed by atoms with Gasteiger partial charge in [0.05, 0.1) is 12.2 Å². The van der Waals surface area contributed by atoms with Gasteiger partial charge in [-0.3, -0.25) is 33.8 Å². The monoisotopic (exact) mass is 686 g/mol. The molecule has 1 aromatic heterocycles. The summed E-state index contributed by atoms with van der Waals surface area (Å²) < 4.78 is 0. The smallest absolute Gasteiger partial charge is 0.246 e. The van der Waals surface area contributed by atoms with E-state index in [9.17, 15) is 28.8 Å². The van der Waals surface area contributed by atoms with Gasteiger partial charge in [-0.25, -0.2) is 4.98 Å². The van der Waals surface area contributed by atoms with Gasteiger partial charge in [-0.15, -0.1) is 0 Å². The van der Waals surface area contributed by atoms with Crippen LogP contribution in [0.15, 0.2) is 48.9 Å². The molecular weight excluding hydrogens is 632 g/mol. The first kappa shape index (κ1) is 38.7. The standard InChI is InChI=1S/C40H54N4O6/c1-7-12-28(38(48)35(47)19-26(6)27-13-9-8-10-14-27)20-34(46)37-30-16-11-15-29(30)23-44(37)40(50)36(25(4)5)43-39(49)31(24(2)3)21-33(45)32-22-41-17-18-42-32/h8-10,13-14,17-18,22,24-26,28-31,36-37H,7,11-12,15-16,19-21,23H2,1-6H3,(H,43,49)/t26-,28?,29-,30-,31+,36-,37?/m0/s1. The average molecular weight is 687 g/mol. The number of likely N-dealkylation sites (tertiary alicyclic amines) is 1. The van der Waals surface area contributed by atoms with Crippen LogP contribution in [0.3, 0.4) is 0 Å². The predicted octanol–water partition coefficient (Wildman–Crippen LogP) is 5.80. The number of benzene rings is 1. The molecule has 1 aromatic carbocycles. The van der Waals surface area contributed by atoms with Crippen LogP contribution in [0, 0.1) is 35.5 Å². The van der Waals surface area contributed by atoms with Crippen LogP contribution in [0.4, 0.5) is 0 Å². The van der Waals surface area contributed by atoms with Gasteiger partial charge in [0.25, 0.3) is 0 Å². The lowest BCUT2D eigenvalue weighted by Crippen LogP contribution is -2.56. The summed E-state index contributed by atoms with van der Waals surface area (Å²) in [6, 6.07) is 7.98. The van der Waals surface area contributed by atoms with Crippen molar-refractivity contribution in [2.45, 2.75) is 111 Å². The number of hydrogen-bond donors (Lipinski definition) is 1. The van der Waals surface area contributed by atoms with Gasteiger partial charge in [-0.05, 0) is 54.4 Å². The molecule has 1 aliphatic carbocycles. The Kier molecular flexibility index (Phi) is 13.7. The van der Waals surface area contributed by atoms with Gasteiger partial charge < -0.3 is 10.2 Å². The SMILES string of the molecule is CCCC(CC(=O)C1[C@H]2CCC[C@H]2CN1C(=O)[C@@H](NC(=O)[C@H](CC(=O)c1cnccn1)C(C)C)C(C)C)C(=O)C(=O)C[C@H](C)c1ccccc1. The molecule has 50 heavy (non-hydrogen) atoms. The van der Waals surface area contributed by atoms with Crippen molar-refractivity contribution in [3.8, 4) is 0 Å². The first-order valence-corrected chi connectivity index (χ1v) is 18.4. The van der Waals surface area contributed by atoms with Gasteiger partial charge in [-0.2, -0.15) is 0 Å². The van der Waals surface area contributed by atoms with E-state index in [2.05, 4.69) is 15.3 Å². The van der Waals surface area contributed by atoms with Gasteiger partial charge in [0.15, 0.2) is 17.3 Å². The predicted molar refractivity (Wildman–Crippen MR) is 190 cm³/mol. The van der Waals surface area contributed by atoms with E-state index in [1.165, 1.54) is 18.6 Å². The van der Waals surface area contributed by atoms with E-state index in [-0.39, 0.29) is 72.0 Å². The lowest BCUT2D eigenvalue weighted by Gasteiger charge is -2.33. The fraction of sp³-hybridized carbons (Fsp3) is 0.600. The molecule has 2 heterocycles. The zero-order valence-corrected chi connectivity index (χ0v) is 30.5. The summed E-state index contributed by atoms with van der Waals surface area (Å²) >= 11 is 0. The minimum Gasteiger partial charge on any atom is -0.344 e. The summed E-state index contributed by atoms with van der Waals surface area (Å²) in [5.74, 6) is -4.09. The Morgan fingerprint density at radius 1 is 0.900 bits per heavy atom. The molecule has 2 unspecified atom stereocenters. The summed E-state index contributed by atoms with van der Waals surface area (Å²) in [4.78, 5) is 91.7. The van der Waals surface area contributed by atoms with Crippen molar-refractivity contribution < 1.29 is 28.8 Å². The molecule has 10 heteroatoms. The molecule has 7 atom stereocenters. The number of hydrogen-bond acceptors (Lipinski definition) is 8. The van der Waals surface area contributed by atoms with Crippen LogP contribution in [-0.4, -0.2) is 68.4 Å². The molecule has 0 radical (unpaired) electrons. The first-order chi connectivity index (χ1) is 23.8. The van der Waals surface area contributed by atoms with Crippen molar-refractivity contribution in [1.29, 1.82) is 0 Å². The van der Waals surface area contributed by atoms with E-state index < -0.39 is 41.4 Å². The number of carbonyl (C=O) groups excluding carboxylic acids is 6. The molecule has 0 spiro atoms. The van der Waals surface area contributed by atoms with E-state index >= 15 is 0 Å². The van der Waals surface area contributed by atoms with E-state index in [1.807, 2.05) is 71.9 Å². The highest BCUT2D eigenvalue weighted by atomic mass is 16.2. The third-order valence-electron chi connectivity index (χ3n) is 10.7. The van der Waals surface area contributed by atoms with Crippen LogP contribution in [-0.2, 0) is 24.0 Å². The van der Waals surface area contributed by atoms with E-state index in [1.54, 1.807) is 4.90 Å². The fourth-order valence-corrected chi connectivity index (χ4v) is 7.82. The Hall–Kier alpha value is -4.08. The Morgan fingerprint density at radius 2 is 1.62 bits per heavy atom. The molecule has 2 amide bonds. The highest BCUT2D eigenvalue weighted by Crippen LogP contribution is 2.43. The molecule has 270 valence electrons. The van der Waals surface area contributed by atoms with Crippen molar-refractivity contribution >= 4 is 34.9 Å². The van der Waals surface area contributed by atoms with Crippen molar-refractivity contribution in [1.82, 2.24) is 20.2 Å². The topological polar surface area (TPSA) is 143 Å². The Bertz CT molecular complexity index is 1510. The number of rotatable bonds is 18. The van der Waals surface area contributed by atoms with Crippen LogP contribution in [0.5, 0.6) is 0 Å². The summed E-state index contributed by atoms with van der Waals surface area (Å²) in [6.07, 6.45) is 7.93. The zero-order chi connectivity index (χ0) is 36.5. The lowest BCUT2D eigenvalue weighted by atomic mass is 9.83. The molecular formula is C40H54N4O6. The molecule has 2 aliphatic rings. The van der Waals surface area contributed by atoms with Crippen LogP contribution in [0.25, 0.3) is 0 Å². The minimum absolute atomic E-state index is 0.0193. The van der Waals surface area contributed by atoms with Crippen LogP contribution in [0.2, 0.25) is 0 Å². The third-order valence-corrected chi connectivity index (χ3v) is 10.7. The van der Waals surface area contributed by atoms with Crippen molar-refractivity contribution in [2.24, 2.45) is 35.5 Å². The zero-order valence-electron chi connectivity index (χ0n) is 30.5. The molecule has 4 rings (SSSR count). The first-order valence-electron chi connectivity index (χ1n) is 18.4. The van der Waals surface area contributed by atoms with Gasteiger partial charge in [0.1, 0.15) is 11.7 Å². The Balaban J connectivity index is 1.49. The number of Topliss-reactive ketones (excluding diaryl/α,β-unsaturated/α-hetero) is 4. The summed E-state index contributed by atoms with van der Waals surface area (Å²) in [6.45, 7) is 11.7. The van der Waals surface area contributed by atoms with Gasteiger partial charge in [-0.1, -0.05) is 84.7 Å². The molecule has 1 saturated heterocycles. The van der Waals surface area contributed by atoms with Gasteiger partial charge >= 0.3 is 0 Å². The molecule has 2 aromatic rings. The second-order valence-corrected chi connectivity index (χ2v) is 15.0. The summed E-state index contributed by atoms with van der Waals surface area (Å²) in [5.41, 5.74) is 1.16. The molecule has 2 fully saturated rings. The maximum atomic E-state index is 14.4. The number of ketones is 4. The largest absolute Gasteiger partial charge is 0.344 e. The van der Waals surface area contributed by atoms with Gasteiger partial charge in [0.2, 0.25) is 17.6 Å². The maximum Gasteiger partial charge on any atom is 0.246 e. The Labute approximate surface area is 296 Å². The van der Waals surface area contributed by atoms with Crippen molar-refractivity contribution in [3.05, 3.63) is 60.2 Å². The summed E-state index contributed by atoms with van der Waals surface area (Å²) in [7, 11) is 0. The average Bonchev–Trinajstić information content (AvgIpc) is 3.71. The second kappa shape index (κ2) is 17.7. The highest BCUT2D eigenvalue weighted by Gasteiger charge is 2.51. The second-order valence-electron chi connectivity index (χ2n) is 15.0. The van der Waals surface area contributed by atoms with Crippen molar-refractivity contribution in [3.63, 3.8) is 0 Å². The molecule has 1 saturated carbocycles. The van der Waals surface area contributed by atoms with Crippen LogP contribution >= 0.6 is 0 Å². The van der Waals surface area contributed by atoms with E-state index in [4.69, 9.17) is 0 Å². The molecule has 10 nitrogen and oxygen atoms in total. The number of aromatic nitrogens is 2. The number of fused-ring (bicyclic) bond motifs is 1. The van der Waals surface area contributed by atoms with Crippen molar-refractivity contribution in [2.75, 3.05) is 6.54 Å².